The summed E-state index contributed by atoms with van der Waals surface area (Å²) in [5.74, 6) is 0.145. The van der Waals surface area contributed by atoms with Crippen LogP contribution in [-0.2, 0) is 10.3 Å². The van der Waals surface area contributed by atoms with E-state index in [-0.39, 0.29) is 11.4 Å². The highest BCUT2D eigenvalue weighted by Crippen LogP contribution is 2.38. The zero-order chi connectivity index (χ0) is 14.0. The Morgan fingerprint density at radius 3 is 2.70 bits per heavy atom. The molecule has 0 saturated heterocycles. The van der Waals surface area contributed by atoms with Crippen molar-refractivity contribution < 1.29 is 4.79 Å². The number of carbonyl (C=O) groups is 1. The lowest BCUT2D eigenvalue weighted by atomic mass is 9.87. The Balaban J connectivity index is 1.69. The monoisotopic (exact) mass is 272 g/mol. The normalized spacial score (nSPS) is 20.9. The van der Waals surface area contributed by atoms with Crippen LogP contribution in [0.25, 0.3) is 0 Å². The highest BCUT2D eigenvalue weighted by atomic mass is 16.2. The topological polar surface area (TPSA) is 41.1 Å². The fraction of sp³-hybridized carbons (Fsp3) is 0.588. The number of hydrogen-bond acceptors (Lipinski definition) is 2. The van der Waals surface area contributed by atoms with Gasteiger partial charge in [0, 0.05) is 11.6 Å². The number of nitrogens with one attached hydrogen (secondary N) is 2. The van der Waals surface area contributed by atoms with E-state index in [4.69, 9.17) is 0 Å². The summed E-state index contributed by atoms with van der Waals surface area (Å²) in [6.07, 6.45) is 7.04. The van der Waals surface area contributed by atoms with Gasteiger partial charge in [0.15, 0.2) is 0 Å². The summed E-state index contributed by atoms with van der Waals surface area (Å²) in [5.41, 5.74) is 2.64. The summed E-state index contributed by atoms with van der Waals surface area (Å²) in [7, 11) is 0. The minimum absolute atomic E-state index is 0.00686. The van der Waals surface area contributed by atoms with Crippen LogP contribution in [0.4, 0.5) is 0 Å². The Hall–Kier alpha value is -1.35. The van der Waals surface area contributed by atoms with E-state index >= 15 is 0 Å². The van der Waals surface area contributed by atoms with Crippen LogP contribution in [0.15, 0.2) is 24.3 Å². The third-order valence-electron chi connectivity index (χ3n) is 4.56. The second-order valence-corrected chi connectivity index (χ2v) is 6.35. The smallest absolute Gasteiger partial charge is 0.234 e. The fourth-order valence-corrected chi connectivity index (χ4v) is 3.24. The van der Waals surface area contributed by atoms with Crippen LogP contribution in [0.5, 0.6) is 0 Å². The molecule has 3 rings (SSSR count). The van der Waals surface area contributed by atoms with E-state index in [9.17, 15) is 4.79 Å². The highest BCUT2D eigenvalue weighted by Gasteiger charge is 2.35. The molecule has 0 bridgehead atoms. The van der Waals surface area contributed by atoms with Gasteiger partial charge in [-0.3, -0.25) is 10.1 Å². The van der Waals surface area contributed by atoms with Crippen LogP contribution in [0.1, 0.15) is 49.7 Å². The third-order valence-corrected chi connectivity index (χ3v) is 4.56. The van der Waals surface area contributed by atoms with Gasteiger partial charge in [-0.1, -0.05) is 42.7 Å². The van der Waals surface area contributed by atoms with Gasteiger partial charge in [-0.05, 0) is 38.2 Å². The van der Waals surface area contributed by atoms with Gasteiger partial charge < -0.3 is 5.32 Å². The molecular formula is C17H24N2O. The van der Waals surface area contributed by atoms with Gasteiger partial charge in [-0.2, -0.15) is 0 Å². The van der Waals surface area contributed by atoms with E-state index < -0.39 is 0 Å². The lowest BCUT2D eigenvalue weighted by molar-refractivity contribution is -0.120. The average Bonchev–Trinajstić information content (AvgIpc) is 3.11. The van der Waals surface area contributed by atoms with Gasteiger partial charge in [0.1, 0.15) is 0 Å². The second-order valence-electron chi connectivity index (χ2n) is 6.35. The molecule has 0 radical (unpaired) electrons. The van der Waals surface area contributed by atoms with E-state index in [0.29, 0.717) is 12.6 Å². The zero-order valence-corrected chi connectivity index (χ0v) is 12.2. The molecule has 1 amide bonds. The molecule has 1 aromatic carbocycles. The van der Waals surface area contributed by atoms with Crippen LogP contribution in [0, 0.1) is 6.92 Å². The Morgan fingerprint density at radius 1 is 1.30 bits per heavy atom. The van der Waals surface area contributed by atoms with E-state index in [1.165, 1.54) is 24.0 Å². The largest absolute Gasteiger partial charge is 0.352 e. The molecule has 2 N–H and O–H groups in total. The molecule has 0 unspecified atom stereocenters. The number of amides is 1. The lowest BCUT2D eigenvalue weighted by Crippen LogP contribution is -2.46. The van der Waals surface area contributed by atoms with Gasteiger partial charge >= 0.3 is 0 Å². The summed E-state index contributed by atoms with van der Waals surface area (Å²) in [6.45, 7) is 2.57. The molecule has 0 aliphatic heterocycles. The van der Waals surface area contributed by atoms with E-state index in [0.717, 1.165) is 25.7 Å². The predicted molar refractivity (Wildman–Crippen MR) is 80.5 cm³/mol. The van der Waals surface area contributed by atoms with Crippen LogP contribution in [-0.4, -0.2) is 18.5 Å². The Labute approximate surface area is 121 Å². The maximum absolute atomic E-state index is 11.9. The molecule has 3 heteroatoms. The molecule has 0 atom stereocenters. The first kappa shape index (κ1) is 13.6. The van der Waals surface area contributed by atoms with Gasteiger partial charge in [0.2, 0.25) is 5.91 Å². The summed E-state index contributed by atoms with van der Waals surface area (Å²) in [6, 6.07) is 9.16. The van der Waals surface area contributed by atoms with Crippen molar-refractivity contribution in [2.75, 3.05) is 6.54 Å². The van der Waals surface area contributed by atoms with Crippen LogP contribution < -0.4 is 10.6 Å². The minimum atomic E-state index is 0.00686. The zero-order valence-electron chi connectivity index (χ0n) is 12.2. The molecular weight excluding hydrogens is 248 g/mol. The van der Waals surface area contributed by atoms with Crippen molar-refractivity contribution in [3.63, 3.8) is 0 Å². The van der Waals surface area contributed by atoms with Crippen LogP contribution in [0.2, 0.25) is 0 Å². The quantitative estimate of drug-likeness (QED) is 0.865. The van der Waals surface area contributed by atoms with Gasteiger partial charge in [-0.15, -0.1) is 0 Å². The molecule has 2 aliphatic rings. The molecule has 0 heterocycles. The number of aryl methyl sites for hydroxylation is 1. The van der Waals surface area contributed by atoms with Gasteiger partial charge in [0.25, 0.3) is 0 Å². The first-order chi connectivity index (χ1) is 9.68. The maximum Gasteiger partial charge on any atom is 0.234 e. The van der Waals surface area contributed by atoms with Crippen molar-refractivity contribution in [2.24, 2.45) is 0 Å². The molecule has 108 valence electrons. The summed E-state index contributed by atoms with van der Waals surface area (Å²) in [5, 5.41) is 6.62. The van der Waals surface area contributed by atoms with E-state index in [2.05, 4.69) is 41.8 Å². The molecule has 3 nitrogen and oxygen atoms in total. The average molecular weight is 272 g/mol. The SMILES string of the molecule is Cc1cccc(C2(NCC(=O)NC3CC3)CCCC2)c1. The van der Waals surface area contributed by atoms with Crippen molar-refractivity contribution in [1.29, 1.82) is 0 Å². The Bertz CT molecular complexity index is 488. The van der Waals surface area contributed by atoms with Gasteiger partial charge in [0.05, 0.1) is 6.54 Å². The summed E-state index contributed by atoms with van der Waals surface area (Å²) in [4.78, 5) is 11.9. The van der Waals surface area contributed by atoms with Crippen molar-refractivity contribution in [3.05, 3.63) is 35.4 Å². The van der Waals surface area contributed by atoms with Crippen LogP contribution >= 0.6 is 0 Å². The first-order valence-corrected chi connectivity index (χ1v) is 7.79. The lowest BCUT2D eigenvalue weighted by Gasteiger charge is -2.31. The number of carbonyl (C=O) groups excluding carboxylic acids is 1. The van der Waals surface area contributed by atoms with E-state index in [1.54, 1.807) is 0 Å². The van der Waals surface area contributed by atoms with Crippen molar-refractivity contribution in [1.82, 2.24) is 10.6 Å². The fourth-order valence-electron chi connectivity index (χ4n) is 3.24. The molecule has 1 aromatic rings. The molecule has 20 heavy (non-hydrogen) atoms. The Kier molecular flexibility index (Phi) is 3.79. The van der Waals surface area contributed by atoms with E-state index in [1.807, 2.05) is 0 Å². The highest BCUT2D eigenvalue weighted by molar-refractivity contribution is 5.78. The number of hydrogen-bond donors (Lipinski definition) is 2. The molecule has 2 fully saturated rings. The van der Waals surface area contributed by atoms with Crippen molar-refractivity contribution in [2.45, 2.75) is 57.0 Å². The van der Waals surface area contributed by atoms with Crippen LogP contribution in [0.3, 0.4) is 0 Å². The minimum Gasteiger partial charge on any atom is -0.352 e. The maximum atomic E-state index is 11.9. The number of rotatable bonds is 5. The predicted octanol–water partition coefficient (Wildman–Crippen LogP) is 2.63. The summed E-state index contributed by atoms with van der Waals surface area (Å²) >= 11 is 0. The van der Waals surface area contributed by atoms with Crippen molar-refractivity contribution >= 4 is 5.91 Å². The molecule has 2 aliphatic carbocycles. The third kappa shape index (κ3) is 3.04. The van der Waals surface area contributed by atoms with Gasteiger partial charge in [-0.25, -0.2) is 0 Å². The second kappa shape index (κ2) is 5.57. The molecule has 2 saturated carbocycles. The molecule has 0 aromatic heterocycles. The Morgan fingerprint density at radius 2 is 2.05 bits per heavy atom. The molecule has 0 spiro atoms. The number of benzene rings is 1. The first-order valence-electron chi connectivity index (χ1n) is 7.79. The van der Waals surface area contributed by atoms with Crippen molar-refractivity contribution in [3.8, 4) is 0 Å². The summed E-state index contributed by atoms with van der Waals surface area (Å²) < 4.78 is 0. The standard InChI is InChI=1S/C17H24N2O/c1-13-5-4-6-14(11-13)17(9-2-3-10-17)18-12-16(20)19-15-7-8-15/h4-6,11,15,18H,2-3,7-10,12H2,1H3,(H,19,20).